The first-order chi connectivity index (χ1) is 12.3. The fraction of sp³-hybridized carbons (Fsp3) is 0.722. The van der Waals surface area contributed by atoms with Crippen molar-refractivity contribution >= 4 is 11.5 Å². The average Bonchev–Trinajstić information content (AvgIpc) is 3.18. The van der Waals surface area contributed by atoms with E-state index in [2.05, 4.69) is 20.4 Å². The molecule has 25 heavy (non-hydrogen) atoms. The molecule has 0 bridgehead atoms. The molecule has 5 rings (SSSR count). The summed E-state index contributed by atoms with van der Waals surface area (Å²) in [5, 5.41) is 16.9. The SMILES string of the molecule is c1cc2nnc(C3CC3)n2nc1NC1CCN(CC2CCOC2)CC1. The van der Waals surface area contributed by atoms with Crippen molar-refractivity contribution in [2.75, 3.05) is 38.2 Å². The van der Waals surface area contributed by atoms with Gasteiger partial charge in [0.15, 0.2) is 11.5 Å². The van der Waals surface area contributed by atoms with Crippen molar-refractivity contribution in [3.63, 3.8) is 0 Å². The van der Waals surface area contributed by atoms with Crippen molar-refractivity contribution in [1.82, 2.24) is 24.7 Å². The van der Waals surface area contributed by atoms with E-state index >= 15 is 0 Å². The molecule has 0 spiro atoms. The highest BCUT2D eigenvalue weighted by molar-refractivity contribution is 5.45. The maximum Gasteiger partial charge on any atom is 0.178 e. The standard InChI is InChI=1S/C18H26N6O/c1-2-14(1)18-21-20-17-4-3-16(22-24(17)18)19-15-5-8-23(9-6-15)11-13-7-10-25-12-13/h3-4,13-15H,1-2,5-12H2,(H,19,22). The van der Waals surface area contributed by atoms with Crippen LogP contribution in [-0.4, -0.2) is 63.6 Å². The molecule has 134 valence electrons. The van der Waals surface area contributed by atoms with Crippen molar-refractivity contribution < 1.29 is 4.74 Å². The maximum atomic E-state index is 5.50. The molecule has 0 radical (unpaired) electrons. The molecule has 0 amide bonds. The van der Waals surface area contributed by atoms with Crippen LogP contribution >= 0.6 is 0 Å². The molecule has 1 aliphatic carbocycles. The third-order valence-electron chi connectivity index (χ3n) is 5.71. The number of piperidine rings is 1. The van der Waals surface area contributed by atoms with E-state index in [0.29, 0.717) is 12.0 Å². The number of nitrogens with one attached hydrogen (secondary N) is 1. The van der Waals surface area contributed by atoms with Gasteiger partial charge >= 0.3 is 0 Å². The van der Waals surface area contributed by atoms with Gasteiger partial charge < -0.3 is 15.0 Å². The maximum absolute atomic E-state index is 5.50. The van der Waals surface area contributed by atoms with Gasteiger partial charge in [-0.2, -0.15) is 4.52 Å². The van der Waals surface area contributed by atoms with Crippen molar-refractivity contribution in [1.29, 1.82) is 0 Å². The van der Waals surface area contributed by atoms with Crippen molar-refractivity contribution in [2.24, 2.45) is 5.92 Å². The predicted octanol–water partition coefficient (Wildman–Crippen LogP) is 1.91. The number of fused-ring (bicyclic) bond motifs is 1. The highest BCUT2D eigenvalue weighted by Crippen LogP contribution is 2.38. The molecule has 1 saturated carbocycles. The largest absolute Gasteiger partial charge is 0.381 e. The number of hydrogen-bond acceptors (Lipinski definition) is 6. The molecule has 7 nitrogen and oxygen atoms in total. The molecule has 7 heteroatoms. The van der Waals surface area contributed by atoms with Crippen LogP contribution in [0.15, 0.2) is 12.1 Å². The molecule has 2 aliphatic heterocycles. The van der Waals surface area contributed by atoms with E-state index in [0.717, 1.165) is 49.5 Å². The van der Waals surface area contributed by atoms with E-state index < -0.39 is 0 Å². The van der Waals surface area contributed by atoms with Crippen LogP contribution in [0.25, 0.3) is 5.65 Å². The number of aromatic nitrogens is 4. The zero-order valence-corrected chi connectivity index (χ0v) is 14.6. The number of nitrogens with zero attached hydrogens (tertiary/aromatic N) is 5. The number of likely N-dealkylation sites (tertiary alicyclic amines) is 1. The molecule has 3 aliphatic rings. The summed E-state index contributed by atoms with van der Waals surface area (Å²) in [7, 11) is 0. The molecule has 0 aromatic carbocycles. The second-order valence-electron chi connectivity index (χ2n) is 7.77. The molecule has 1 N–H and O–H groups in total. The minimum atomic E-state index is 0.502. The van der Waals surface area contributed by atoms with E-state index in [4.69, 9.17) is 9.84 Å². The van der Waals surface area contributed by atoms with Crippen LogP contribution < -0.4 is 5.32 Å². The minimum absolute atomic E-state index is 0.502. The summed E-state index contributed by atoms with van der Waals surface area (Å²) in [6, 6.07) is 4.55. The first-order valence-electron chi connectivity index (χ1n) is 9.64. The Bertz CT molecular complexity index is 728. The fourth-order valence-electron chi connectivity index (χ4n) is 4.04. The van der Waals surface area contributed by atoms with Crippen LogP contribution in [0.3, 0.4) is 0 Å². The van der Waals surface area contributed by atoms with Gasteiger partial charge in [-0.05, 0) is 50.2 Å². The molecule has 1 atom stereocenters. The van der Waals surface area contributed by atoms with E-state index in [1.165, 1.54) is 38.6 Å². The zero-order chi connectivity index (χ0) is 16.6. The van der Waals surface area contributed by atoms with Gasteiger partial charge in [-0.25, -0.2) is 0 Å². The monoisotopic (exact) mass is 342 g/mol. The third kappa shape index (κ3) is 3.35. The fourth-order valence-corrected chi connectivity index (χ4v) is 4.04. The Morgan fingerprint density at radius 2 is 1.96 bits per heavy atom. The van der Waals surface area contributed by atoms with Crippen LogP contribution in [0.5, 0.6) is 0 Å². The molecular formula is C18H26N6O. The zero-order valence-electron chi connectivity index (χ0n) is 14.6. The van der Waals surface area contributed by atoms with Crippen LogP contribution in [0, 0.1) is 5.92 Å². The lowest BCUT2D eigenvalue weighted by molar-refractivity contribution is 0.154. The first kappa shape index (κ1) is 15.5. The lowest BCUT2D eigenvalue weighted by Gasteiger charge is -2.33. The molecular weight excluding hydrogens is 316 g/mol. The molecule has 2 aromatic rings. The third-order valence-corrected chi connectivity index (χ3v) is 5.71. The second-order valence-corrected chi connectivity index (χ2v) is 7.77. The Hall–Kier alpha value is -1.73. The molecule has 1 unspecified atom stereocenters. The number of ether oxygens (including phenoxy) is 1. The van der Waals surface area contributed by atoms with Crippen LogP contribution in [0.2, 0.25) is 0 Å². The van der Waals surface area contributed by atoms with Gasteiger partial charge in [0.05, 0.1) is 6.61 Å². The Morgan fingerprint density at radius 3 is 2.72 bits per heavy atom. The average molecular weight is 342 g/mol. The van der Waals surface area contributed by atoms with Crippen molar-refractivity contribution in [2.45, 2.75) is 44.1 Å². The Balaban J connectivity index is 1.19. The van der Waals surface area contributed by atoms with Gasteiger partial charge in [0.1, 0.15) is 5.82 Å². The summed E-state index contributed by atoms with van der Waals surface area (Å²) in [5.41, 5.74) is 0.848. The van der Waals surface area contributed by atoms with Crippen molar-refractivity contribution in [3.8, 4) is 0 Å². The molecule has 4 heterocycles. The number of rotatable bonds is 5. The quantitative estimate of drug-likeness (QED) is 0.895. The van der Waals surface area contributed by atoms with Gasteiger partial charge in [-0.3, -0.25) is 0 Å². The van der Waals surface area contributed by atoms with Gasteiger partial charge in [-0.15, -0.1) is 15.3 Å². The van der Waals surface area contributed by atoms with E-state index in [-0.39, 0.29) is 0 Å². The summed E-state index contributed by atoms with van der Waals surface area (Å²) in [6.07, 6.45) is 6.00. The normalized spacial score (nSPS) is 25.7. The highest BCUT2D eigenvalue weighted by Gasteiger charge is 2.29. The molecule has 3 fully saturated rings. The van der Waals surface area contributed by atoms with Gasteiger partial charge in [0, 0.05) is 38.2 Å². The smallest absolute Gasteiger partial charge is 0.178 e. The Morgan fingerprint density at radius 1 is 1.08 bits per heavy atom. The van der Waals surface area contributed by atoms with Crippen LogP contribution in [0.4, 0.5) is 5.82 Å². The lowest BCUT2D eigenvalue weighted by atomic mass is 10.0. The summed E-state index contributed by atoms with van der Waals surface area (Å²) in [4.78, 5) is 2.60. The van der Waals surface area contributed by atoms with Gasteiger partial charge in [0.25, 0.3) is 0 Å². The van der Waals surface area contributed by atoms with Crippen LogP contribution in [0.1, 0.15) is 43.8 Å². The lowest BCUT2D eigenvalue weighted by Crippen LogP contribution is -2.41. The van der Waals surface area contributed by atoms with Gasteiger partial charge in [0.2, 0.25) is 0 Å². The number of hydrogen-bond donors (Lipinski definition) is 1. The van der Waals surface area contributed by atoms with E-state index in [1.807, 2.05) is 16.6 Å². The number of anilines is 1. The van der Waals surface area contributed by atoms with Crippen molar-refractivity contribution in [3.05, 3.63) is 18.0 Å². The molecule has 2 saturated heterocycles. The first-order valence-corrected chi connectivity index (χ1v) is 9.64. The van der Waals surface area contributed by atoms with Gasteiger partial charge in [-0.1, -0.05) is 0 Å². The van der Waals surface area contributed by atoms with Crippen LogP contribution in [-0.2, 0) is 4.74 Å². The summed E-state index contributed by atoms with van der Waals surface area (Å²) < 4.78 is 7.42. The topological polar surface area (TPSA) is 67.6 Å². The van der Waals surface area contributed by atoms with E-state index in [9.17, 15) is 0 Å². The second kappa shape index (κ2) is 6.53. The highest BCUT2D eigenvalue weighted by atomic mass is 16.5. The summed E-state index contributed by atoms with van der Waals surface area (Å²) >= 11 is 0. The summed E-state index contributed by atoms with van der Waals surface area (Å²) in [5.74, 6) is 3.26. The van der Waals surface area contributed by atoms with E-state index in [1.54, 1.807) is 0 Å². The Labute approximate surface area is 147 Å². The predicted molar refractivity (Wildman–Crippen MR) is 94.8 cm³/mol. The Kier molecular flexibility index (Phi) is 4.06. The summed E-state index contributed by atoms with van der Waals surface area (Å²) in [6.45, 7) is 5.42. The molecule has 2 aromatic heterocycles. The minimum Gasteiger partial charge on any atom is -0.381 e.